The van der Waals surface area contributed by atoms with Crippen LogP contribution in [0, 0.1) is 5.82 Å². The number of anilines is 1. The maximum absolute atomic E-state index is 14.2. The normalized spacial score (nSPS) is 16.9. The highest BCUT2D eigenvalue weighted by molar-refractivity contribution is 6.30. The number of amides is 1. The van der Waals surface area contributed by atoms with E-state index in [0.717, 1.165) is 68.1 Å². The minimum absolute atomic E-state index is 0.0755. The number of halogens is 2. The molecule has 2 fully saturated rings. The molecule has 6 aromatic rings. The number of imidazole rings is 2. The predicted octanol–water partition coefficient (Wildman–Crippen LogP) is 6.39. The van der Waals surface area contributed by atoms with Crippen LogP contribution in [0.5, 0.6) is 5.88 Å². The van der Waals surface area contributed by atoms with Crippen LogP contribution in [-0.4, -0.2) is 61.1 Å². The average molecular weight is 696 g/mol. The minimum atomic E-state index is -0.399. The van der Waals surface area contributed by atoms with E-state index >= 15 is 0 Å². The zero-order chi connectivity index (χ0) is 34.2. The van der Waals surface area contributed by atoms with E-state index in [-0.39, 0.29) is 30.2 Å². The van der Waals surface area contributed by atoms with Gasteiger partial charge in [0.1, 0.15) is 18.2 Å². The van der Waals surface area contributed by atoms with Crippen molar-refractivity contribution >= 4 is 45.3 Å². The molecule has 1 amide bonds. The van der Waals surface area contributed by atoms with E-state index in [1.807, 2.05) is 30.3 Å². The van der Waals surface area contributed by atoms with E-state index in [2.05, 4.69) is 24.8 Å². The lowest BCUT2D eigenvalue weighted by atomic mass is 9.93. The van der Waals surface area contributed by atoms with Crippen LogP contribution in [-0.2, 0) is 24.4 Å². The SMILES string of the molecule is O=C(Nc1ccc2c(c1)nc(CN1CCC(c3cccc(OCc4ccc(Cl)cc4F)n3)CC1)n2C[C@@H]1CCO1)c1ccc2[nH]c(=O)[nH]c2c1. The zero-order valence-corrected chi connectivity index (χ0v) is 27.9. The highest BCUT2D eigenvalue weighted by Gasteiger charge is 2.26. The highest BCUT2D eigenvalue weighted by atomic mass is 35.5. The topological polar surface area (TPSA) is 130 Å². The molecule has 0 bridgehead atoms. The van der Waals surface area contributed by atoms with Crippen LogP contribution in [0.25, 0.3) is 22.1 Å². The third-order valence-corrected chi connectivity index (χ3v) is 9.78. The fourth-order valence-corrected chi connectivity index (χ4v) is 6.87. The number of carbonyl (C=O) groups excluding carboxylic acids is 1. The van der Waals surface area contributed by atoms with Gasteiger partial charge in [-0.05, 0) is 86.9 Å². The first-order valence-corrected chi connectivity index (χ1v) is 17.1. The molecule has 5 heterocycles. The van der Waals surface area contributed by atoms with Crippen LogP contribution in [0.3, 0.4) is 0 Å². The van der Waals surface area contributed by atoms with E-state index in [1.165, 1.54) is 6.07 Å². The number of aromatic amines is 2. The van der Waals surface area contributed by atoms with Crippen LogP contribution in [0.1, 0.15) is 52.6 Å². The van der Waals surface area contributed by atoms with Crippen LogP contribution < -0.4 is 15.7 Å². The molecule has 1 atom stereocenters. The van der Waals surface area contributed by atoms with E-state index in [9.17, 15) is 14.0 Å². The molecule has 50 heavy (non-hydrogen) atoms. The number of benzene rings is 3. The number of fused-ring (bicyclic) bond motifs is 2. The summed E-state index contributed by atoms with van der Waals surface area (Å²) in [5, 5.41) is 3.33. The zero-order valence-electron chi connectivity index (χ0n) is 27.1. The number of hydrogen-bond donors (Lipinski definition) is 3. The summed E-state index contributed by atoms with van der Waals surface area (Å²) >= 11 is 5.88. The Morgan fingerprint density at radius 3 is 2.64 bits per heavy atom. The molecule has 8 rings (SSSR count). The van der Waals surface area contributed by atoms with E-state index < -0.39 is 5.82 Å². The Morgan fingerprint density at radius 2 is 1.84 bits per heavy atom. The summed E-state index contributed by atoms with van der Waals surface area (Å²) < 4.78 is 28.1. The van der Waals surface area contributed by atoms with Crippen molar-refractivity contribution in [3.8, 4) is 5.88 Å². The molecule has 3 aromatic heterocycles. The molecule has 13 heteroatoms. The van der Waals surface area contributed by atoms with Crippen molar-refractivity contribution in [2.24, 2.45) is 0 Å². The van der Waals surface area contributed by atoms with Crippen LogP contribution in [0.4, 0.5) is 10.1 Å². The van der Waals surface area contributed by atoms with Gasteiger partial charge < -0.3 is 29.3 Å². The van der Waals surface area contributed by atoms with Gasteiger partial charge in [0.25, 0.3) is 5.91 Å². The van der Waals surface area contributed by atoms with Gasteiger partial charge in [-0.25, -0.2) is 19.2 Å². The smallest absolute Gasteiger partial charge is 0.323 e. The number of nitrogens with one attached hydrogen (secondary N) is 3. The van der Waals surface area contributed by atoms with Crippen molar-refractivity contribution in [3.05, 3.63) is 117 Å². The number of aromatic nitrogens is 5. The third kappa shape index (κ3) is 6.87. The molecule has 256 valence electrons. The molecule has 0 saturated carbocycles. The maximum Gasteiger partial charge on any atom is 0.323 e. The van der Waals surface area contributed by atoms with Crippen molar-refractivity contribution in [3.63, 3.8) is 0 Å². The number of piperidine rings is 1. The first kappa shape index (κ1) is 32.2. The monoisotopic (exact) mass is 695 g/mol. The van der Waals surface area contributed by atoms with Gasteiger partial charge in [0.05, 0.1) is 41.3 Å². The molecule has 2 aliphatic heterocycles. The number of carbonyl (C=O) groups is 1. The van der Waals surface area contributed by atoms with Gasteiger partial charge in [-0.2, -0.15) is 0 Å². The molecule has 11 nitrogen and oxygen atoms in total. The van der Waals surface area contributed by atoms with Crippen molar-refractivity contribution in [2.75, 3.05) is 25.0 Å². The summed E-state index contributed by atoms with van der Waals surface area (Å²) in [5.74, 6) is 1.04. The Balaban J connectivity index is 0.936. The Bertz CT molecular complexity index is 2250. The molecule has 0 spiro atoms. The molecule has 0 unspecified atom stereocenters. The van der Waals surface area contributed by atoms with Crippen molar-refractivity contribution in [2.45, 2.75) is 51.0 Å². The molecule has 3 N–H and O–H groups in total. The second-order valence-corrected chi connectivity index (χ2v) is 13.3. The molecule has 0 radical (unpaired) electrons. The van der Waals surface area contributed by atoms with Gasteiger partial charge in [0, 0.05) is 46.1 Å². The van der Waals surface area contributed by atoms with E-state index in [1.54, 1.807) is 36.4 Å². The lowest BCUT2D eigenvalue weighted by Gasteiger charge is -2.32. The van der Waals surface area contributed by atoms with E-state index in [4.69, 9.17) is 31.0 Å². The number of nitrogens with zero attached hydrogens (tertiary/aromatic N) is 4. The van der Waals surface area contributed by atoms with Crippen molar-refractivity contribution < 1.29 is 18.7 Å². The van der Waals surface area contributed by atoms with Gasteiger partial charge in [-0.15, -0.1) is 0 Å². The lowest BCUT2D eigenvalue weighted by molar-refractivity contribution is -0.0592. The average Bonchev–Trinajstić information content (AvgIpc) is 3.64. The predicted molar refractivity (Wildman–Crippen MR) is 188 cm³/mol. The van der Waals surface area contributed by atoms with E-state index in [0.29, 0.717) is 45.3 Å². The summed E-state index contributed by atoms with van der Waals surface area (Å²) in [7, 11) is 0. The molecule has 2 aliphatic rings. The molecule has 3 aromatic carbocycles. The molecular weight excluding hydrogens is 661 g/mol. The molecule has 2 saturated heterocycles. The van der Waals surface area contributed by atoms with Crippen LogP contribution in [0.15, 0.2) is 77.6 Å². The second kappa shape index (κ2) is 13.7. The van der Waals surface area contributed by atoms with Crippen LogP contribution in [0.2, 0.25) is 5.02 Å². The fraction of sp³-hybridized carbons (Fsp3) is 0.297. The van der Waals surface area contributed by atoms with Gasteiger partial charge in [0.15, 0.2) is 0 Å². The van der Waals surface area contributed by atoms with Gasteiger partial charge in [-0.3, -0.25) is 9.69 Å². The molecule has 0 aliphatic carbocycles. The fourth-order valence-electron chi connectivity index (χ4n) is 6.71. The number of rotatable bonds is 10. The lowest BCUT2D eigenvalue weighted by Crippen LogP contribution is -2.35. The number of ether oxygens (including phenoxy) is 2. The number of pyridine rings is 1. The van der Waals surface area contributed by atoms with Gasteiger partial charge in [0.2, 0.25) is 5.88 Å². The first-order chi connectivity index (χ1) is 24.3. The van der Waals surface area contributed by atoms with Gasteiger partial charge in [-0.1, -0.05) is 23.7 Å². The van der Waals surface area contributed by atoms with Crippen molar-refractivity contribution in [1.29, 1.82) is 0 Å². The maximum atomic E-state index is 14.2. The summed E-state index contributed by atoms with van der Waals surface area (Å²) in [6.07, 6.45) is 3.04. The standard InChI is InChI=1S/C37H35ClFN7O4/c38-25-6-4-24(28(39)17-25)21-50-35-3-1-2-29(42-35)22-10-13-45(14-11-22)20-34-41-32-18-26(7-9-33(32)46(34)19-27-12-15-49-27)40-36(47)23-5-8-30-31(16-23)44-37(48)43-30/h1-9,16-18,22,27H,10-15,19-21H2,(H,40,47)(H2,43,44,48)/t27-/m0/s1. The highest BCUT2D eigenvalue weighted by Crippen LogP contribution is 2.30. The minimum Gasteiger partial charge on any atom is -0.473 e. The number of H-pyrrole nitrogens is 2. The Kier molecular flexibility index (Phi) is 8.82. The largest absolute Gasteiger partial charge is 0.473 e. The number of likely N-dealkylation sites (tertiary alicyclic amines) is 1. The first-order valence-electron chi connectivity index (χ1n) is 16.7. The number of hydrogen-bond acceptors (Lipinski definition) is 7. The Morgan fingerprint density at radius 1 is 1.00 bits per heavy atom. The third-order valence-electron chi connectivity index (χ3n) is 9.55. The Hall–Kier alpha value is -5.04. The summed E-state index contributed by atoms with van der Waals surface area (Å²) in [4.78, 5) is 42.4. The van der Waals surface area contributed by atoms with Crippen LogP contribution >= 0.6 is 11.6 Å². The molecular formula is C37H35ClFN7O4. The van der Waals surface area contributed by atoms with Gasteiger partial charge >= 0.3 is 5.69 Å². The van der Waals surface area contributed by atoms with Crippen molar-refractivity contribution in [1.82, 2.24) is 29.4 Å². The quantitative estimate of drug-likeness (QED) is 0.151. The summed E-state index contributed by atoms with van der Waals surface area (Å²) in [5.41, 5.74) is 5.18. The summed E-state index contributed by atoms with van der Waals surface area (Å²) in [6, 6.07) is 21.2. The Labute approximate surface area is 291 Å². The summed E-state index contributed by atoms with van der Waals surface area (Å²) in [6.45, 7) is 4.03. The second-order valence-electron chi connectivity index (χ2n) is 12.9.